The van der Waals surface area contributed by atoms with E-state index < -0.39 is 11.1 Å². The van der Waals surface area contributed by atoms with Gasteiger partial charge in [-0.1, -0.05) is 0 Å². The van der Waals surface area contributed by atoms with Crippen LogP contribution in [0.4, 0.5) is 0 Å². The molecule has 10 heavy (non-hydrogen) atoms. The Hall–Kier alpha value is 0.0700. The molecule has 0 bridgehead atoms. The molecule has 1 heterocycles. The maximum Gasteiger partial charge on any atom is 0.153 e. The third-order valence-corrected chi connectivity index (χ3v) is 2.59. The van der Waals surface area contributed by atoms with E-state index >= 15 is 0 Å². The van der Waals surface area contributed by atoms with E-state index in [9.17, 15) is 4.21 Å². The second-order valence-electron chi connectivity index (χ2n) is 2.68. The van der Waals surface area contributed by atoms with Gasteiger partial charge >= 0.3 is 0 Å². The third-order valence-electron chi connectivity index (χ3n) is 1.84. The van der Waals surface area contributed by atoms with Crippen molar-refractivity contribution in [2.45, 2.75) is 12.8 Å². The van der Waals surface area contributed by atoms with Crippen molar-refractivity contribution in [1.82, 2.24) is 5.32 Å². The Balaban J connectivity index is 2.19. The highest BCUT2D eigenvalue weighted by atomic mass is 32.2. The second kappa shape index (κ2) is 4.05. The average Bonchev–Trinajstić information content (AvgIpc) is 1.88. The van der Waals surface area contributed by atoms with Gasteiger partial charge in [-0.05, 0) is 31.8 Å². The van der Waals surface area contributed by atoms with Gasteiger partial charge in [0.05, 0.1) is 5.75 Å². The first-order chi connectivity index (χ1) is 4.79. The molecule has 1 aliphatic rings. The summed E-state index contributed by atoms with van der Waals surface area (Å²) >= 11 is -1.59. The molecular weight excluding hydrogens is 150 g/mol. The highest BCUT2D eigenvalue weighted by Crippen LogP contribution is 2.11. The zero-order valence-corrected chi connectivity index (χ0v) is 6.69. The summed E-state index contributed by atoms with van der Waals surface area (Å²) in [5.74, 6) is 0.925. The molecule has 3 nitrogen and oxygen atoms in total. The van der Waals surface area contributed by atoms with Crippen LogP contribution in [-0.2, 0) is 11.1 Å². The molecule has 0 amide bonds. The lowest BCUT2D eigenvalue weighted by atomic mass is 10.0. The Labute approximate surface area is 63.5 Å². The van der Waals surface area contributed by atoms with Crippen molar-refractivity contribution in [2.24, 2.45) is 5.92 Å². The molecule has 2 N–H and O–H groups in total. The Bertz CT molecular complexity index is 123. The van der Waals surface area contributed by atoms with Crippen LogP contribution in [0.1, 0.15) is 12.8 Å². The van der Waals surface area contributed by atoms with E-state index in [4.69, 9.17) is 4.55 Å². The first kappa shape index (κ1) is 8.17. The van der Waals surface area contributed by atoms with Crippen LogP contribution >= 0.6 is 0 Å². The van der Waals surface area contributed by atoms with Crippen molar-refractivity contribution < 1.29 is 8.76 Å². The molecular formula is C6H13NO2S. The highest BCUT2D eigenvalue weighted by molar-refractivity contribution is 7.79. The SMILES string of the molecule is O=S(O)CC1CCNCC1. The Kier molecular flexibility index (Phi) is 3.31. The molecule has 1 atom stereocenters. The van der Waals surface area contributed by atoms with Crippen molar-refractivity contribution in [3.8, 4) is 0 Å². The molecule has 0 radical (unpaired) electrons. The summed E-state index contributed by atoms with van der Waals surface area (Å²) in [4.78, 5) is 0. The fraction of sp³-hybridized carbons (Fsp3) is 1.00. The monoisotopic (exact) mass is 163 g/mol. The molecule has 0 aromatic heterocycles. The van der Waals surface area contributed by atoms with Gasteiger partial charge in [-0.25, -0.2) is 4.21 Å². The molecule has 1 aliphatic heterocycles. The van der Waals surface area contributed by atoms with Crippen molar-refractivity contribution in [3.05, 3.63) is 0 Å². The highest BCUT2D eigenvalue weighted by Gasteiger charge is 2.14. The lowest BCUT2D eigenvalue weighted by Crippen LogP contribution is -2.30. The quantitative estimate of drug-likeness (QED) is 0.572. The van der Waals surface area contributed by atoms with Crippen LogP contribution in [0.25, 0.3) is 0 Å². The summed E-state index contributed by atoms with van der Waals surface area (Å²) < 4.78 is 18.9. The van der Waals surface area contributed by atoms with Crippen molar-refractivity contribution in [2.75, 3.05) is 18.8 Å². The number of rotatable bonds is 2. The molecule has 0 saturated carbocycles. The Morgan fingerprint density at radius 2 is 2.10 bits per heavy atom. The van der Waals surface area contributed by atoms with Crippen LogP contribution in [0, 0.1) is 5.92 Å². The molecule has 4 heteroatoms. The maximum absolute atomic E-state index is 10.4. The minimum atomic E-state index is -1.59. The summed E-state index contributed by atoms with van der Waals surface area (Å²) in [5, 5.41) is 3.21. The van der Waals surface area contributed by atoms with E-state index in [1.807, 2.05) is 0 Å². The van der Waals surface area contributed by atoms with Crippen LogP contribution in [0.5, 0.6) is 0 Å². The standard InChI is InChI=1S/C6H13NO2S/c8-10(9)5-6-1-3-7-4-2-6/h6-7H,1-5H2,(H,8,9). The summed E-state index contributed by atoms with van der Waals surface area (Å²) in [6.45, 7) is 2.00. The van der Waals surface area contributed by atoms with Crippen molar-refractivity contribution >= 4 is 11.1 Å². The molecule has 1 rings (SSSR count). The molecule has 0 aromatic carbocycles. The predicted octanol–water partition coefficient (Wildman–Crippen LogP) is 0.208. The van der Waals surface area contributed by atoms with Gasteiger partial charge in [0, 0.05) is 0 Å². The molecule has 1 fully saturated rings. The summed E-state index contributed by atoms with van der Waals surface area (Å²) in [6.07, 6.45) is 2.10. The van der Waals surface area contributed by atoms with Crippen molar-refractivity contribution in [3.63, 3.8) is 0 Å². The maximum atomic E-state index is 10.4. The Morgan fingerprint density at radius 3 is 2.60 bits per heavy atom. The van der Waals surface area contributed by atoms with E-state index in [1.54, 1.807) is 0 Å². The third kappa shape index (κ3) is 2.77. The predicted molar refractivity (Wildman–Crippen MR) is 41.2 cm³/mol. The first-order valence-corrected chi connectivity index (χ1v) is 4.85. The number of hydrogen-bond acceptors (Lipinski definition) is 2. The van der Waals surface area contributed by atoms with Crippen LogP contribution in [0.3, 0.4) is 0 Å². The Morgan fingerprint density at radius 1 is 1.50 bits per heavy atom. The number of hydrogen-bond donors (Lipinski definition) is 2. The summed E-state index contributed by atoms with van der Waals surface area (Å²) in [5.41, 5.74) is 0. The minimum Gasteiger partial charge on any atom is -0.317 e. The molecule has 60 valence electrons. The van der Waals surface area contributed by atoms with Gasteiger partial charge < -0.3 is 9.87 Å². The van der Waals surface area contributed by atoms with Gasteiger partial charge in [0.25, 0.3) is 0 Å². The van der Waals surface area contributed by atoms with Gasteiger partial charge in [-0.3, -0.25) is 0 Å². The van der Waals surface area contributed by atoms with Gasteiger partial charge in [0.15, 0.2) is 11.1 Å². The van der Waals surface area contributed by atoms with Gasteiger partial charge in [-0.15, -0.1) is 0 Å². The van der Waals surface area contributed by atoms with Crippen LogP contribution in [0.2, 0.25) is 0 Å². The lowest BCUT2D eigenvalue weighted by Gasteiger charge is -2.20. The average molecular weight is 163 g/mol. The van der Waals surface area contributed by atoms with E-state index in [0.29, 0.717) is 11.7 Å². The normalized spacial score (nSPS) is 24.5. The fourth-order valence-corrected chi connectivity index (χ4v) is 1.99. The van der Waals surface area contributed by atoms with E-state index in [2.05, 4.69) is 5.32 Å². The molecule has 1 unspecified atom stereocenters. The van der Waals surface area contributed by atoms with E-state index in [0.717, 1.165) is 25.9 Å². The van der Waals surface area contributed by atoms with E-state index in [-0.39, 0.29) is 0 Å². The second-order valence-corrected chi connectivity index (χ2v) is 3.66. The minimum absolute atomic E-state index is 0.460. The fourth-order valence-electron chi connectivity index (χ4n) is 1.25. The zero-order chi connectivity index (χ0) is 7.40. The molecule has 0 spiro atoms. The van der Waals surface area contributed by atoms with Gasteiger partial charge in [0.2, 0.25) is 0 Å². The molecule has 0 aromatic rings. The van der Waals surface area contributed by atoms with Gasteiger partial charge in [0.1, 0.15) is 0 Å². The summed E-state index contributed by atoms with van der Waals surface area (Å²) in [7, 11) is 0. The van der Waals surface area contributed by atoms with Crippen LogP contribution in [-0.4, -0.2) is 27.6 Å². The van der Waals surface area contributed by atoms with Gasteiger partial charge in [-0.2, -0.15) is 0 Å². The zero-order valence-electron chi connectivity index (χ0n) is 5.88. The van der Waals surface area contributed by atoms with Crippen LogP contribution in [0.15, 0.2) is 0 Å². The van der Waals surface area contributed by atoms with Crippen LogP contribution < -0.4 is 5.32 Å². The number of piperidine rings is 1. The topological polar surface area (TPSA) is 49.3 Å². The molecule has 1 saturated heterocycles. The van der Waals surface area contributed by atoms with Crippen molar-refractivity contribution in [1.29, 1.82) is 0 Å². The summed E-state index contributed by atoms with van der Waals surface area (Å²) in [6, 6.07) is 0. The smallest absolute Gasteiger partial charge is 0.153 e. The lowest BCUT2D eigenvalue weighted by molar-refractivity contribution is 0.399. The number of nitrogens with one attached hydrogen (secondary N) is 1. The first-order valence-electron chi connectivity index (χ1n) is 3.57. The van der Waals surface area contributed by atoms with E-state index in [1.165, 1.54) is 0 Å². The molecule has 0 aliphatic carbocycles. The largest absolute Gasteiger partial charge is 0.317 e.